The zero-order valence-electron chi connectivity index (χ0n) is 8.82. The number of rotatable bonds is 4. The van der Waals surface area contributed by atoms with Gasteiger partial charge in [-0.15, -0.1) is 0 Å². The van der Waals surface area contributed by atoms with Crippen LogP contribution in [0.15, 0.2) is 24.3 Å². The maximum absolute atomic E-state index is 13.4. The Labute approximate surface area is 89.9 Å². The highest BCUT2D eigenvalue weighted by Gasteiger charge is 2.23. The summed E-state index contributed by atoms with van der Waals surface area (Å²) in [5, 5.41) is 0. The lowest BCUT2D eigenvalue weighted by atomic mass is 10.0. The number of likely N-dealkylation sites (tertiary alicyclic amines) is 1. The van der Waals surface area contributed by atoms with Crippen molar-refractivity contribution in [1.29, 1.82) is 0 Å². The average molecular weight is 208 g/mol. The number of nitrogens with zero attached hydrogens (tertiary/aromatic N) is 1. The average Bonchev–Trinajstić information content (AvgIpc) is 2.17. The first-order chi connectivity index (χ1) is 7.31. The summed E-state index contributed by atoms with van der Waals surface area (Å²) in [5.74, 6) is -0.114. The zero-order chi connectivity index (χ0) is 10.7. The fourth-order valence-electron chi connectivity index (χ4n) is 1.99. The highest BCUT2D eigenvalue weighted by atomic mass is 19.1. The van der Waals surface area contributed by atoms with E-state index in [0.29, 0.717) is 12.6 Å². The Morgan fingerprint density at radius 2 is 2.07 bits per heavy atom. The van der Waals surface area contributed by atoms with Crippen LogP contribution in [0, 0.1) is 5.82 Å². The normalized spacial score (nSPS) is 18.5. The second kappa shape index (κ2) is 4.73. The zero-order valence-corrected chi connectivity index (χ0v) is 8.82. The molecule has 1 saturated heterocycles. The minimum absolute atomic E-state index is 0.114. The molecule has 0 radical (unpaired) electrons. The van der Waals surface area contributed by atoms with E-state index in [-0.39, 0.29) is 5.82 Å². The molecule has 1 fully saturated rings. The van der Waals surface area contributed by atoms with Crippen LogP contribution >= 0.6 is 0 Å². The summed E-state index contributed by atoms with van der Waals surface area (Å²) in [6.07, 6.45) is 1.97. The molecule has 0 aliphatic carbocycles. The molecule has 0 spiro atoms. The smallest absolute Gasteiger partial charge is 0.126 e. The molecule has 15 heavy (non-hydrogen) atoms. The third-order valence-corrected chi connectivity index (χ3v) is 3.09. The largest absolute Gasteiger partial charge is 0.329 e. The molecule has 0 bridgehead atoms. The summed E-state index contributed by atoms with van der Waals surface area (Å²) in [6, 6.07) is 7.26. The molecule has 1 aromatic carbocycles. The predicted octanol–water partition coefficient (Wildman–Crippen LogP) is 1.40. The van der Waals surface area contributed by atoms with Gasteiger partial charge in [0.15, 0.2) is 0 Å². The second-order valence-electron chi connectivity index (χ2n) is 4.07. The molecule has 0 amide bonds. The number of benzene rings is 1. The Morgan fingerprint density at radius 3 is 2.60 bits per heavy atom. The first-order valence-corrected chi connectivity index (χ1v) is 5.49. The molecule has 1 atom stereocenters. The number of nitrogens with two attached hydrogens (primary N) is 1. The van der Waals surface area contributed by atoms with Crippen molar-refractivity contribution in [2.24, 2.45) is 5.73 Å². The van der Waals surface area contributed by atoms with E-state index in [4.69, 9.17) is 5.73 Å². The van der Waals surface area contributed by atoms with Crippen LogP contribution in [0.5, 0.6) is 0 Å². The summed E-state index contributed by atoms with van der Waals surface area (Å²) in [6.45, 7) is 2.82. The van der Waals surface area contributed by atoms with Gasteiger partial charge in [0, 0.05) is 12.6 Å². The quantitative estimate of drug-likeness (QED) is 0.810. The van der Waals surface area contributed by atoms with Gasteiger partial charge in [-0.1, -0.05) is 18.2 Å². The van der Waals surface area contributed by atoms with Crippen molar-refractivity contribution >= 4 is 0 Å². The van der Waals surface area contributed by atoms with Gasteiger partial charge in [0.1, 0.15) is 5.82 Å². The molecule has 1 aliphatic heterocycles. The van der Waals surface area contributed by atoms with Gasteiger partial charge in [0.25, 0.3) is 0 Å². The summed E-state index contributed by atoms with van der Waals surface area (Å²) >= 11 is 0. The number of hydrogen-bond acceptors (Lipinski definition) is 2. The van der Waals surface area contributed by atoms with Crippen molar-refractivity contribution in [2.75, 3.05) is 19.6 Å². The fraction of sp³-hybridized carbons (Fsp3) is 0.500. The van der Waals surface area contributed by atoms with E-state index >= 15 is 0 Å². The molecule has 2 nitrogen and oxygen atoms in total. The van der Waals surface area contributed by atoms with E-state index in [1.54, 1.807) is 6.07 Å². The highest BCUT2D eigenvalue weighted by Crippen LogP contribution is 2.16. The molecule has 1 heterocycles. The third-order valence-electron chi connectivity index (χ3n) is 3.09. The van der Waals surface area contributed by atoms with Gasteiger partial charge < -0.3 is 5.73 Å². The molecule has 2 N–H and O–H groups in total. The van der Waals surface area contributed by atoms with Crippen LogP contribution in [0.2, 0.25) is 0 Å². The molecule has 1 aliphatic rings. The minimum Gasteiger partial charge on any atom is -0.329 e. The molecule has 82 valence electrons. The fourth-order valence-corrected chi connectivity index (χ4v) is 1.99. The van der Waals surface area contributed by atoms with Crippen LogP contribution in [0.3, 0.4) is 0 Å². The molecule has 0 saturated carbocycles. The van der Waals surface area contributed by atoms with Crippen molar-refractivity contribution in [1.82, 2.24) is 4.90 Å². The Hall–Kier alpha value is -0.930. The Kier molecular flexibility index (Phi) is 3.34. The number of hydrogen-bond donors (Lipinski definition) is 1. The van der Waals surface area contributed by atoms with Gasteiger partial charge >= 0.3 is 0 Å². The van der Waals surface area contributed by atoms with Crippen LogP contribution in [-0.2, 0) is 6.42 Å². The van der Waals surface area contributed by atoms with Gasteiger partial charge in [-0.3, -0.25) is 4.90 Å². The van der Waals surface area contributed by atoms with Crippen LogP contribution in [-0.4, -0.2) is 30.6 Å². The molecule has 1 aromatic rings. The monoisotopic (exact) mass is 208 g/mol. The van der Waals surface area contributed by atoms with E-state index in [1.165, 1.54) is 12.5 Å². The van der Waals surface area contributed by atoms with E-state index < -0.39 is 0 Å². The standard InChI is InChI=1S/C12H17FN2/c13-12-5-2-1-4-10(12)8-11(9-14)15-6-3-7-15/h1-2,4-5,11H,3,6-9,14H2. The summed E-state index contributed by atoms with van der Waals surface area (Å²) in [4.78, 5) is 2.33. The molecular weight excluding hydrogens is 191 g/mol. The van der Waals surface area contributed by atoms with Crippen molar-refractivity contribution in [2.45, 2.75) is 18.9 Å². The van der Waals surface area contributed by atoms with E-state index in [2.05, 4.69) is 4.90 Å². The summed E-state index contributed by atoms with van der Waals surface area (Å²) in [7, 11) is 0. The highest BCUT2D eigenvalue weighted by molar-refractivity contribution is 5.18. The van der Waals surface area contributed by atoms with E-state index in [0.717, 1.165) is 25.1 Å². The summed E-state index contributed by atoms with van der Waals surface area (Å²) < 4.78 is 13.4. The minimum atomic E-state index is -0.114. The third kappa shape index (κ3) is 2.36. The van der Waals surface area contributed by atoms with Crippen molar-refractivity contribution in [3.05, 3.63) is 35.6 Å². The van der Waals surface area contributed by atoms with E-state index in [1.807, 2.05) is 12.1 Å². The van der Waals surface area contributed by atoms with Gasteiger partial charge in [-0.25, -0.2) is 4.39 Å². The van der Waals surface area contributed by atoms with Crippen molar-refractivity contribution in [3.8, 4) is 0 Å². The molecule has 2 rings (SSSR count). The lowest BCUT2D eigenvalue weighted by Crippen LogP contribution is -2.49. The lowest BCUT2D eigenvalue weighted by molar-refractivity contribution is 0.121. The first kappa shape index (κ1) is 10.6. The molecule has 0 aromatic heterocycles. The van der Waals surface area contributed by atoms with Gasteiger partial charge in [0.05, 0.1) is 0 Å². The molecule has 1 unspecified atom stereocenters. The SMILES string of the molecule is NCC(Cc1ccccc1F)N1CCC1. The van der Waals surface area contributed by atoms with Gasteiger partial charge in [-0.2, -0.15) is 0 Å². The summed E-state index contributed by atoms with van der Waals surface area (Å²) in [5.41, 5.74) is 6.49. The topological polar surface area (TPSA) is 29.3 Å². The van der Waals surface area contributed by atoms with Crippen LogP contribution in [0.25, 0.3) is 0 Å². The number of halogens is 1. The van der Waals surface area contributed by atoms with Crippen molar-refractivity contribution in [3.63, 3.8) is 0 Å². The Bertz CT molecular complexity index is 323. The van der Waals surface area contributed by atoms with Crippen LogP contribution in [0.1, 0.15) is 12.0 Å². The van der Waals surface area contributed by atoms with Gasteiger partial charge in [-0.05, 0) is 37.6 Å². The second-order valence-corrected chi connectivity index (χ2v) is 4.07. The van der Waals surface area contributed by atoms with Crippen LogP contribution in [0.4, 0.5) is 4.39 Å². The molecule has 3 heteroatoms. The van der Waals surface area contributed by atoms with E-state index in [9.17, 15) is 4.39 Å². The maximum Gasteiger partial charge on any atom is 0.126 e. The molecular formula is C12H17FN2. The predicted molar refractivity (Wildman–Crippen MR) is 59.1 cm³/mol. The Morgan fingerprint density at radius 1 is 1.33 bits per heavy atom. The van der Waals surface area contributed by atoms with Crippen LogP contribution < -0.4 is 5.73 Å². The van der Waals surface area contributed by atoms with Crippen molar-refractivity contribution < 1.29 is 4.39 Å². The first-order valence-electron chi connectivity index (χ1n) is 5.49. The Balaban J connectivity index is 2.02. The van der Waals surface area contributed by atoms with Gasteiger partial charge in [0.2, 0.25) is 0 Å². The lowest BCUT2D eigenvalue weighted by Gasteiger charge is -2.38. The maximum atomic E-state index is 13.4.